The summed E-state index contributed by atoms with van der Waals surface area (Å²) in [5, 5.41) is 13.8. The van der Waals surface area contributed by atoms with Crippen molar-refractivity contribution < 1.29 is 14.5 Å². The van der Waals surface area contributed by atoms with Crippen LogP contribution in [0.2, 0.25) is 0 Å². The average Bonchev–Trinajstić information content (AvgIpc) is 2.63. The topological polar surface area (TPSA) is 92.6 Å². The van der Waals surface area contributed by atoms with Gasteiger partial charge in [0.1, 0.15) is 6.54 Å². The number of nitro groups is 1. The van der Waals surface area contributed by atoms with Crippen molar-refractivity contribution in [2.24, 2.45) is 0 Å². The Hall–Kier alpha value is -3.22. The Kier molecular flexibility index (Phi) is 5.18. The number of aryl methyl sites for hydroxylation is 1. The van der Waals surface area contributed by atoms with Crippen molar-refractivity contribution in [2.45, 2.75) is 39.0 Å². The highest BCUT2D eigenvalue weighted by Gasteiger charge is 2.27. The molecule has 0 radical (unpaired) electrons. The first-order chi connectivity index (χ1) is 13.1. The van der Waals surface area contributed by atoms with E-state index in [0.717, 1.165) is 5.56 Å². The van der Waals surface area contributed by atoms with Gasteiger partial charge in [0.2, 0.25) is 11.8 Å². The summed E-state index contributed by atoms with van der Waals surface area (Å²) in [5.74, 6) is -0.484. The SMILES string of the molecule is CC(C)(C)c1ccc(NC(=O)CN2C(=O)CCc3cc([N+](=O)[O-])ccc32)cc1. The lowest BCUT2D eigenvalue weighted by atomic mass is 9.87. The molecule has 146 valence electrons. The molecule has 7 heteroatoms. The molecule has 0 fully saturated rings. The Morgan fingerprint density at radius 2 is 1.82 bits per heavy atom. The second-order valence-corrected chi connectivity index (χ2v) is 7.93. The third kappa shape index (κ3) is 4.19. The maximum atomic E-state index is 12.5. The molecule has 0 saturated carbocycles. The largest absolute Gasteiger partial charge is 0.325 e. The maximum absolute atomic E-state index is 12.5. The van der Waals surface area contributed by atoms with Crippen molar-refractivity contribution in [1.82, 2.24) is 0 Å². The van der Waals surface area contributed by atoms with Gasteiger partial charge in [-0.05, 0) is 41.2 Å². The maximum Gasteiger partial charge on any atom is 0.269 e. The zero-order valence-electron chi connectivity index (χ0n) is 16.2. The Balaban J connectivity index is 1.73. The molecule has 2 amide bonds. The quantitative estimate of drug-likeness (QED) is 0.644. The fourth-order valence-corrected chi connectivity index (χ4v) is 3.23. The average molecular weight is 381 g/mol. The van der Waals surface area contributed by atoms with Crippen molar-refractivity contribution in [3.05, 3.63) is 63.7 Å². The molecular formula is C21H23N3O4. The lowest BCUT2D eigenvalue weighted by Gasteiger charge is -2.28. The van der Waals surface area contributed by atoms with Gasteiger partial charge in [0, 0.05) is 29.9 Å². The highest BCUT2D eigenvalue weighted by atomic mass is 16.6. The van der Waals surface area contributed by atoms with Crippen LogP contribution in [-0.4, -0.2) is 23.3 Å². The van der Waals surface area contributed by atoms with Crippen LogP contribution in [0, 0.1) is 10.1 Å². The lowest BCUT2D eigenvalue weighted by molar-refractivity contribution is -0.384. The Bertz CT molecular complexity index is 930. The van der Waals surface area contributed by atoms with Gasteiger partial charge in [0.15, 0.2) is 0 Å². The molecule has 0 bridgehead atoms. The van der Waals surface area contributed by atoms with Crippen LogP contribution in [0.1, 0.15) is 38.3 Å². The van der Waals surface area contributed by atoms with E-state index >= 15 is 0 Å². The van der Waals surface area contributed by atoms with E-state index in [0.29, 0.717) is 23.4 Å². The Morgan fingerprint density at radius 1 is 1.14 bits per heavy atom. The first-order valence-electron chi connectivity index (χ1n) is 9.13. The molecule has 0 aliphatic carbocycles. The smallest absolute Gasteiger partial charge is 0.269 e. The number of amides is 2. The molecule has 0 unspecified atom stereocenters. The van der Waals surface area contributed by atoms with E-state index in [1.807, 2.05) is 24.3 Å². The third-order valence-electron chi connectivity index (χ3n) is 4.81. The van der Waals surface area contributed by atoms with Crippen LogP contribution in [0.5, 0.6) is 0 Å². The highest BCUT2D eigenvalue weighted by Crippen LogP contribution is 2.31. The number of nitrogens with one attached hydrogen (secondary N) is 1. The van der Waals surface area contributed by atoms with E-state index in [1.165, 1.54) is 23.1 Å². The molecule has 1 aliphatic rings. The number of carbonyl (C=O) groups excluding carboxylic acids is 2. The van der Waals surface area contributed by atoms with Crippen LogP contribution in [0.25, 0.3) is 0 Å². The first kappa shape index (κ1) is 19.5. The fraction of sp³-hybridized carbons (Fsp3) is 0.333. The Morgan fingerprint density at radius 3 is 2.43 bits per heavy atom. The summed E-state index contributed by atoms with van der Waals surface area (Å²) in [6, 6.07) is 12.0. The molecular weight excluding hydrogens is 358 g/mol. The van der Waals surface area contributed by atoms with Gasteiger partial charge in [0.05, 0.1) is 4.92 Å². The molecule has 0 saturated heterocycles. The van der Waals surface area contributed by atoms with E-state index in [4.69, 9.17) is 0 Å². The van der Waals surface area contributed by atoms with Crippen molar-refractivity contribution in [2.75, 3.05) is 16.8 Å². The molecule has 0 spiro atoms. The molecule has 0 atom stereocenters. The van der Waals surface area contributed by atoms with Crippen LogP contribution in [0.4, 0.5) is 17.1 Å². The van der Waals surface area contributed by atoms with E-state index < -0.39 is 4.92 Å². The van der Waals surface area contributed by atoms with Crippen LogP contribution in [0.15, 0.2) is 42.5 Å². The first-order valence-corrected chi connectivity index (χ1v) is 9.13. The van der Waals surface area contributed by atoms with E-state index in [2.05, 4.69) is 26.1 Å². The fourth-order valence-electron chi connectivity index (χ4n) is 3.23. The number of nitro benzene ring substituents is 1. The lowest BCUT2D eigenvalue weighted by Crippen LogP contribution is -2.40. The van der Waals surface area contributed by atoms with Gasteiger partial charge in [0.25, 0.3) is 5.69 Å². The second-order valence-electron chi connectivity index (χ2n) is 7.93. The molecule has 2 aromatic carbocycles. The van der Waals surface area contributed by atoms with Crippen molar-refractivity contribution in [3.63, 3.8) is 0 Å². The number of carbonyl (C=O) groups is 2. The number of hydrogen-bond donors (Lipinski definition) is 1. The Labute approximate surface area is 163 Å². The summed E-state index contributed by atoms with van der Waals surface area (Å²) in [6.45, 7) is 6.21. The van der Waals surface area contributed by atoms with Gasteiger partial charge in [-0.25, -0.2) is 0 Å². The van der Waals surface area contributed by atoms with E-state index in [9.17, 15) is 19.7 Å². The number of nitrogens with zero attached hydrogens (tertiary/aromatic N) is 2. The standard InChI is InChI=1S/C21H23N3O4/c1-21(2,3)15-5-7-16(8-6-15)22-19(25)13-23-18-10-9-17(24(27)28)12-14(18)4-11-20(23)26/h5-10,12H,4,11,13H2,1-3H3,(H,22,25). The minimum atomic E-state index is -0.463. The summed E-state index contributed by atoms with van der Waals surface area (Å²) in [5.41, 5.74) is 3.08. The number of fused-ring (bicyclic) bond motifs is 1. The zero-order chi connectivity index (χ0) is 20.5. The number of rotatable bonds is 4. The molecule has 0 aromatic heterocycles. The van der Waals surface area contributed by atoms with Crippen LogP contribution in [-0.2, 0) is 21.4 Å². The summed E-state index contributed by atoms with van der Waals surface area (Å²) in [4.78, 5) is 36.7. The van der Waals surface area contributed by atoms with Crippen molar-refractivity contribution in [3.8, 4) is 0 Å². The highest BCUT2D eigenvalue weighted by molar-refractivity contribution is 6.04. The molecule has 3 rings (SSSR count). The monoisotopic (exact) mass is 381 g/mol. The molecule has 1 heterocycles. The van der Waals surface area contributed by atoms with Gasteiger partial charge in [-0.2, -0.15) is 0 Å². The molecule has 28 heavy (non-hydrogen) atoms. The predicted octanol–water partition coefficient (Wildman–Crippen LogP) is 3.81. The van der Waals surface area contributed by atoms with Gasteiger partial charge in [-0.3, -0.25) is 19.7 Å². The van der Waals surface area contributed by atoms with E-state index in [1.54, 1.807) is 0 Å². The van der Waals surface area contributed by atoms with Crippen LogP contribution >= 0.6 is 0 Å². The van der Waals surface area contributed by atoms with Crippen LogP contribution < -0.4 is 10.2 Å². The van der Waals surface area contributed by atoms with Gasteiger partial charge >= 0.3 is 0 Å². The van der Waals surface area contributed by atoms with E-state index in [-0.39, 0.29) is 35.9 Å². The number of anilines is 2. The van der Waals surface area contributed by atoms with Gasteiger partial charge in [-0.15, -0.1) is 0 Å². The van der Waals surface area contributed by atoms with Crippen LogP contribution in [0.3, 0.4) is 0 Å². The van der Waals surface area contributed by atoms with Gasteiger partial charge < -0.3 is 10.2 Å². The molecule has 7 nitrogen and oxygen atoms in total. The summed E-state index contributed by atoms with van der Waals surface area (Å²) >= 11 is 0. The van der Waals surface area contributed by atoms with Crippen molar-refractivity contribution in [1.29, 1.82) is 0 Å². The minimum Gasteiger partial charge on any atom is -0.325 e. The molecule has 1 N–H and O–H groups in total. The number of hydrogen-bond acceptors (Lipinski definition) is 4. The summed E-state index contributed by atoms with van der Waals surface area (Å²) in [7, 11) is 0. The third-order valence-corrected chi connectivity index (χ3v) is 4.81. The summed E-state index contributed by atoms with van der Waals surface area (Å²) < 4.78 is 0. The number of non-ortho nitro benzene ring substituents is 1. The second kappa shape index (κ2) is 7.42. The zero-order valence-corrected chi connectivity index (χ0v) is 16.2. The molecule has 1 aliphatic heterocycles. The summed E-state index contributed by atoms with van der Waals surface area (Å²) in [6.07, 6.45) is 0.657. The van der Waals surface area contributed by atoms with Crippen molar-refractivity contribution >= 4 is 28.9 Å². The minimum absolute atomic E-state index is 0.0172. The molecule has 2 aromatic rings. The van der Waals surface area contributed by atoms with Gasteiger partial charge in [-0.1, -0.05) is 32.9 Å². The normalized spacial score (nSPS) is 13.8. The number of benzene rings is 2. The predicted molar refractivity (Wildman–Crippen MR) is 108 cm³/mol.